The molecule has 0 aliphatic carbocycles. The summed E-state index contributed by atoms with van der Waals surface area (Å²) in [5.74, 6) is 1.07. The molecule has 0 spiro atoms. The van der Waals surface area contributed by atoms with E-state index in [9.17, 15) is 15.0 Å². The number of Topliss-reactive ketones (excluding diaryl/α,β-unsaturated/α-hetero) is 1. The number of nitrogens with two attached hydrogens (primary N) is 2. The van der Waals surface area contributed by atoms with Crippen molar-refractivity contribution in [1.29, 1.82) is 0 Å². The zero-order valence-electron chi connectivity index (χ0n) is 18.5. The molecule has 2 fully saturated rings. The maximum Gasteiger partial charge on any atom is 0.233 e. The molecule has 2 aliphatic heterocycles. The molecule has 4 rings (SSSR count). The number of nitrogens with one attached hydrogen (secondary N) is 1. The molecule has 2 aliphatic rings. The highest BCUT2D eigenvalue weighted by atomic mass is 35.5. The predicted molar refractivity (Wildman–Crippen MR) is 128 cm³/mol. The Balaban J connectivity index is 0.00000306. The third kappa shape index (κ3) is 6.27. The van der Waals surface area contributed by atoms with Crippen molar-refractivity contribution in [2.45, 2.75) is 44.1 Å². The first-order valence-corrected chi connectivity index (χ1v) is 10.8. The molecule has 0 radical (unpaired) electrons. The van der Waals surface area contributed by atoms with Crippen molar-refractivity contribution >= 4 is 41.7 Å². The monoisotopic (exact) mass is 478 g/mol. The largest absolute Gasteiger partial charge is 0.391 e. The lowest BCUT2D eigenvalue weighted by Crippen LogP contribution is -2.53. The van der Waals surface area contributed by atoms with Gasteiger partial charge in [-0.1, -0.05) is 0 Å². The fraction of sp³-hybridized carbons (Fsp3) is 0.524. The van der Waals surface area contributed by atoms with Gasteiger partial charge in [0.25, 0.3) is 0 Å². The van der Waals surface area contributed by atoms with Crippen LogP contribution in [0.4, 0.5) is 23.5 Å². The second-order valence-corrected chi connectivity index (χ2v) is 8.63. The Hall–Kier alpha value is -2.57. The second-order valence-electron chi connectivity index (χ2n) is 8.63. The van der Waals surface area contributed by atoms with Gasteiger partial charge in [0.05, 0.1) is 12.2 Å². The summed E-state index contributed by atoms with van der Waals surface area (Å²) in [4.78, 5) is 28.9. The highest BCUT2D eigenvalue weighted by Crippen LogP contribution is 2.24. The Morgan fingerprint density at radius 2 is 1.42 bits per heavy atom. The van der Waals surface area contributed by atoms with Crippen LogP contribution in [0.2, 0.25) is 0 Å². The third-order valence-corrected chi connectivity index (χ3v) is 5.65. The average Bonchev–Trinajstić information content (AvgIpc) is 2.72. The molecule has 12 heteroatoms. The van der Waals surface area contributed by atoms with E-state index in [0.29, 0.717) is 61.7 Å². The zero-order chi connectivity index (χ0) is 22.8. The Morgan fingerprint density at radius 3 is 1.94 bits per heavy atom. The van der Waals surface area contributed by atoms with Gasteiger partial charge >= 0.3 is 0 Å². The zero-order valence-corrected chi connectivity index (χ0v) is 19.3. The van der Waals surface area contributed by atoms with Crippen molar-refractivity contribution in [3.05, 3.63) is 29.8 Å². The molecular formula is C21H31ClN8O3. The van der Waals surface area contributed by atoms with Gasteiger partial charge in [0.1, 0.15) is 0 Å². The van der Waals surface area contributed by atoms with Crippen LogP contribution in [0.1, 0.15) is 30.1 Å². The highest BCUT2D eigenvalue weighted by molar-refractivity contribution is 5.94. The minimum atomic E-state index is -0.675. The van der Waals surface area contributed by atoms with E-state index in [4.69, 9.17) is 11.5 Å². The molecule has 11 nitrogen and oxygen atoms in total. The first kappa shape index (κ1) is 25.1. The second kappa shape index (κ2) is 10.6. The van der Waals surface area contributed by atoms with Crippen LogP contribution in [0.25, 0.3) is 0 Å². The highest BCUT2D eigenvalue weighted by Gasteiger charge is 2.29. The van der Waals surface area contributed by atoms with Gasteiger partial charge < -0.3 is 36.8 Å². The van der Waals surface area contributed by atoms with Gasteiger partial charge in [0.15, 0.2) is 5.78 Å². The molecule has 0 unspecified atom stereocenters. The standard InChI is InChI=1S/C21H30N8O3.ClH/c1-12(30)13-2-4-16(5-3-13)24-19-25-20(28-8-14(22)6-15(23)9-28)27-21(26-19)29-10-17(31)7-18(32)11-29;/h2-5,14-15,17-18,31-32H,6-11,22-23H2,1H3,(H,24,25,26,27);1H/t14-,15+,17-,18+;. The maximum atomic E-state index is 11.5. The number of aliphatic hydroxyl groups is 2. The molecular weight excluding hydrogens is 448 g/mol. The SMILES string of the molecule is CC(=O)c1ccc(Nc2nc(N3C[C@H](N)C[C@H](N)C3)nc(N3C[C@H](O)C[C@H](O)C3)n2)cc1.Cl. The van der Waals surface area contributed by atoms with E-state index in [1.165, 1.54) is 6.92 Å². The van der Waals surface area contributed by atoms with Crippen LogP contribution in [0.5, 0.6) is 0 Å². The number of carbonyl (C=O) groups excluding carboxylic acids is 1. The number of ketones is 1. The predicted octanol–water partition coefficient (Wildman–Crippen LogP) is 0.0362. The Morgan fingerprint density at radius 1 is 0.909 bits per heavy atom. The molecule has 1 aromatic heterocycles. The van der Waals surface area contributed by atoms with Crippen LogP contribution in [-0.2, 0) is 0 Å². The summed E-state index contributed by atoms with van der Waals surface area (Å²) in [6.45, 7) is 3.27. The summed E-state index contributed by atoms with van der Waals surface area (Å²) in [7, 11) is 0. The number of rotatable bonds is 5. The summed E-state index contributed by atoms with van der Waals surface area (Å²) >= 11 is 0. The van der Waals surface area contributed by atoms with Gasteiger partial charge in [-0.3, -0.25) is 4.79 Å². The van der Waals surface area contributed by atoms with E-state index in [0.717, 1.165) is 6.42 Å². The van der Waals surface area contributed by atoms with Crippen LogP contribution < -0.4 is 26.6 Å². The maximum absolute atomic E-state index is 11.5. The summed E-state index contributed by atoms with van der Waals surface area (Å²) in [6.07, 6.45) is -0.303. The number of benzene rings is 1. The molecule has 180 valence electrons. The molecule has 0 bridgehead atoms. The summed E-state index contributed by atoms with van der Waals surface area (Å²) in [5, 5.41) is 23.4. The number of anilines is 4. The molecule has 7 N–H and O–H groups in total. The Labute approximate surface area is 198 Å². The minimum Gasteiger partial charge on any atom is -0.391 e. The first-order chi connectivity index (χ1) is 15.3. The van der Waals surface area contributed by atoms with Gasteiger partial charge in [-0.25, -0.2) is 0 Å². The summed E-state index contributed by atoms with van der Waals surface area (Å²) in [6, 6.07) is 6.84. The molecule has 2 saturated heterocycles. The van der Waals surface area contributed by atoms with Gasteiger partial charge in [0.2, 0.25) is 17.8 Å². The van der Waals surface area contributed by atoms with E-state index < -0.39 is 12.2 Å². The molecule has 33 heavy (non-hydrogen) atoms. The van der Waals surface area contributed by atoms with Gasteiger partial charge in [-0.2, -0.15) is 15.0 Å². The number of nitrogens with zero attached hydrogens (tertiary/aromatic N) is 5. The first-order valence-electron chi connectivity index (χ1n) is 10.8. The van der Waals surface area contributed by atoms with Crippen molar-refractivity contribution in [1.82, 2.24) is 15.0 Å². The smallest absolute Gasteiger partial charge is 0.233 e. The van der Waals surface area contributed by atoms with Crippen molar-refractivity contribution in [2.24, 2.45) is 11.5 Å². The Bertz CT molecular complexity index is 899. The van der Waals surface area contributed by atoms with Crippen molar-refractivity contribution < 1.29 is 15.0 Å². The van der Waals surface area contributed by atoms with Crippen LogP contribution in [0, 0.1) is 0 Å². The van der Waals surface area contributed by atoms with Crippen LogP contribution in [0.15, 0.2) is 24.3 Å². The minimum absolute atomic E-state index is 0. The normalized spacial score (nSPS) is 25.4. The van der Waals surface area contributed by atoms with Crippen LogP contribution in [0.3, 0.4) is 0 Å². The molecule has 0 saturated carbocycles. The van der Waals surface area contributed by atoms with Gasteiger partial charge in [-0.05, 0) is 37.6 Å². The van der Waals surface area contributed by atoms with Crippen molar-refractivity contribution in [3.8, 4) is 0 Å². The molecule has 1 aromatic carbocycles. The number of aromatic nitrogens is 3. The molecule has 4 atom stereocenters. The number of piperidine rings is 2. The lowest BCUT2D eigenvalue weighted by Gasteiger charge is -2.36. The number of hydrogen-bond donors (Lipinski definition) is 5. The van der Waals surface area contributed by atoms with Gasteiger partial charge in [-0.15, -0.1) is 12.4 Å². The van der Waals surface area contributed by atoms with Crippen molar-refractivity contribution in [3.63, 3.8) is 0 Å². The van der Waals surface area contributed by atoms with E-state index in [1.807, 2.05) is 4.90 Å². The molecule has 2 aromatic rings. The molecule has 3 heterocycles. The van der Waals surface area contributed by atoms with Crippen LogP contribution >= 0.6 is 12.4 Å². The number of hydrogen-bond acceptors (Lipinski definition) is 11. The summed E-state index contributed by atoms with van der Waals surface area (Å²) in [5.41, 5.74) is 13.6. The number of carbonyl (C=O) groups is 1. The van der Waals surface area contributed by atoms with E-state index >= 15 is 0 Å². The quantitative estimate of drug-likeness (QED) is 0.368. The Kier molecular flexibility index (Phi) is 8.03. The average molecular weight is 479 g/mol. The van der Waals surface area contributed by atoms with Crippen LogP contribution in [-0.4, -0.2) is 81.4 Å². The summed E-state index contributed by atoms with van der Waals surface area (Å²) < 4.78 is 0. The number of β-amino-alcohol motifs (C(OH)–C–C–N with tert-alkyl or cyclic N) is 2. The lowest BCUT2D eigenvalue weighted by atomic mass is 10.0. The number of aliphatic hydroxyl groups excluding tert-OH is 2. The van der Waals surface area contributed by atoms with E-state index in [1.54, 1.807) is 29.2 Å². The van der Waals surface area contributed by atoms with Gasteiger partial charge in [0, 0.05) is 55.9 Å². The van der Waals surface area contributed by atoms with E-state index in [-0.39, 0.29) is 30.3 Å². The lowest BCUT2D eigenvalue weighted by molar-refractivity contribution is 0.0645. The molecule has 0 amide bonds. The number of halogens is 1. The topological polar surface area (TPSA) is 167 Å². The van der Waals surface area contributed by atoms with Crippen molar-refractivity contribution in [2.75, 3.05) is 41.3 Å². The third-order valence-electron chi connectivity index (χ3n) is 5.65. The van der Waals surface area contributed by atoms with E-state index in [2.05, 4.69) is 20.3 Å². The fourth-order valence-electron chi connectivity index (χ4n) is 4.16. The fourth-order valence-corrected chi connectivity index (χ4v) is 4.16.